The van der Waals surface area contributed by atoms with Crippen LogP contribution in [-0.4, -0.2) is 70.3 Å². The molecule has 0 saturated carbocycles. The first-order chi connectivity index (χ1) is 19.8. The molecule has 2 heterocycles. The number of anilines is 1. The Morgan fingerprint density at radius 2 is 1.56 bits per heavy atom. The van der Waals surface area contributed by atoms with Gasteiger partial charge in [-0.2, -0.15) is 4.98 Å². The van der Waals surface area contributed by atoms with Crippen LogP contribution < -0.4 is 11.0 Å². The normalized spacial score (nSPS) is 21.4. The lowest BCUT2D eigenvalue weighted by Crippen LogP contribution is -2.51. The van der Waals surface area contributed by atoms with Gasteiger partial charge >= 0.3 is 11.8 Å². The molecule has 1 N–H and O–H groups in total. The molecule has 3 rings (SSSR count). The molecule has 43 heavy (non-hydrogen) atoms. The molecule has 4 atom stereocenters. The highest BCUT2D eigenvalue weighted by Crippen LogP contribution is 2.43. The fourth-order valence-electron chi connectivity index (χ4n) is 3.97. The average Bonchev–Trinajstić information content (AvgIpc) is 3.22. The molecule has 1 aliphatic rings. The van der Waals surface area contributed by atoms with Crippen molar-refractivity contribution in [2.75, 3.05) is 19.0 Å². The summed E-state index contributed by atoms with van der Waals surface area (Å²) in [6.07, 6.45) is -2.93. The lowest BCUT2D eigenvalue weighted by molar-refractivity contribution is -0.0548. The van der Waals surface area contributed by atoms with E-state index in [9.17, 15) is 14.4 Å². The van der Waals surface area contributed by atoms with Crippen LogP contribution in [0, 0.1) is 0 Å². The number of nitrogens with one attached hydrogen (secondary N) is 1. The van der Waals surface area contributed by atoms with Crippen molar-refractivity contribution in [1.29, 1.82) is 0 Å². The van der Waals surface area contributed by atoms with E-state index >= 15 is 0 Å². The average molecular weight is 634 g/mol. The molecule has 2 aromatic rings. The van der Waals surface area contributed by atoms with Gasteiger partial charge in [0.05, 0.1) is 13.7 Å². The van der Waals surface area contributed by atoms with E-state index in [0.717, 1.165) is 0 Å². The zero-order valence-corrected chi connectivity index (χ0v) is 29.2. The van der Waals surface area contributed by atoms with Crippen molar-refractivity contribution in [3.8, 4) is 0 Å². The van der Waals surface area contributed by atoms with Crippen LogP contribution in [-0.2, 0) is 23.1 Å². The zero-order chi connectivity index (χ0) is 32.4. The molecule has 0 radical (unpaired) electrons. The Labute approximate surface area is 256 Å². The molecule has 238 valence electrons. The highest BCUT2D eigenvalue weighted by Gasteiger charge is 2.54. The number of amides is 1. The van der Waals surface area contributed by atoms with E-state index in [-0.39, 0.29) is 22.5 Å². The van der Waals surface area contributed by atoms with E-state index in [0.29, 0.717) is 5.56 Å². The number of nitrogens with zero attached hydrogens (tertiary/aromatic N) is 2. The molecule has 11 nitrogen and oxygen atoms in total. The fourth-order valence-corrected chi connectivity index (χ4v) is 6.27. The summed E-state index contributed by atoms with van der Waals surface area (Å²) < 4.78 is 31.6. The van der Waals surface area contributed by atoms with Crippen LogP contribution in [0.3, 0.4) is 0 Å². The van der Waals surface area contributed by atoms with E-state index < -0.39 is 58.9 Å². The number of benzene rings is 1. The molecule has 1 aromatic heterocycles. The van der Waals surface area contributed by atoms with Crippen LogP contribution in [0.2, 0.25) is 36.3 Å². The molecule has 1 aromatic carbocycles. The van der Waals surface area contributed by atoms with Gasteiger partial charge in [0.25, 0.3) is 5.91 Å². The summed E-state index contributed by atoms with van der Waals surface area (Å²) >= 11 is 0. The number of carbonyl (C=O) groups excluding carboxylic acids is 2. The third-order valence-corrected chi connectivity index (χ3v) is 17.7. The smallest absolute Gasteiger partial charge is 0.438 e. The minimum Gasteiger partial charge on any atom is -0.438 e. The summed E-state index contributed by atoms with van der Waals surface area (Å²) in [5, 5.41) is 2.39. The molecule has 0 bridgehead atoms. The van der Waals surface area contributed by atoms with E-state index in [1.54, 1.807) is 24.3 Å². The summed E-state index contributed by atoms with van der Waals surface area (Å²) in [5.74, 6) is -0.300. The lowest BCUT2D eigenvalue weighted by atomic mass is 10.1. The monoisotopic (exact) mass is 633 g/mol. The van der Waals surface area contributed by atoms with Gasteiger partial charge in [0.15, 0.2) is 29.0 Å². The van der Waals surface area contributed by atoms with E-state index in [2.05, 4.69) is 78.0 Å². The predicted octanol–water partition coefficient (Wildman–Crippen LogP) is 5.96. The maximum atomic E-state index is 13.4. The van der Waals surface area contributed by atoms with Crippen LogP contribution in [0.1, 0.15) is 58.1 Å². The van der Waals surface area contributed by atoms with Crippen molar-refractivity contribution in [2.45, 2.75) is 102 Å². The highest BCUT2D eigenvalue weighted by molar-refractivity contribution is 6.74. The lowest BCUT2D eigenvalue weighted by Gasteiger charge is -2.40. The van der Waals surface area contributed by atoms with E-state index in [1.807, 2.05) is 6.07 Å². The van der Waals surface area contributed by atoms with Crippen LogP contribution in [0.15, 0.2) is 47.4 Å². The largest absolute Gasteiger partial charge is 0.508 e. The molecule has 0 aliphatic carbocycles. The van der Waals surface area contributed by atoms with Crippen LogP contribution in [0.25, 0.3) is 0 Å². The predicted molar refractivity (Wildman–Crippen MR) is 169 cm³/mol. The van der Waals surface area contributed by atoms with Gasteiger partial charge in [0.2, 0.25) is 0 Å². The Balaban J connectivity index is 2.01. The molecule has 0 spiro atoms. The minimum absolute atomic E-state index is 0.0678. The van der Waals surface area contributed by atoms with Gasteiger partial charge in [-0.1, -0.05) is 59.7 Å². The summed E-state index contributed by atoms with van der Waals surface area (Å²) in [6, 6.07) is 10.2. The van der Waals surface area contributed by atoms with Gasteiger partial charge in [-0.25, -0.2) is 9.59 Å². The van der Waals surface area contributed by atoms with Gasteiger partial charge < -0.3 is 28.4 Å². The highest BCUT2D eigenvalue weighted by atomic mass is 28.4. The number of hydrogen-bond acceptors (Lipinski definition) is 9. The Morgan fingerprint density at radius 3 is 2.09 bits per heavy atom. The Kier molecular flexibility index (Phi) is 10.5. The quantitative estimate of drug-likeness (QED) is 0.263. The van der Waals surface area contributed by atoms with Crippen molar-refractivity contribution in [3.05, 3.63) is 58.6 Å². The molecule has 13 heteroatoms. The minimum atomic E-state index is -2.49. The molecule has 1 saturated heterocycles. The third kappa shape index (κ3) is 8.21. The number of aromatic nitrogens is 2. The molecular formula is C30H47N3O8Si2. The van der Waals surface area contributed by atoms with Crippen LogP contribution >= 0.6 is 0 Å². The Morgan fingerprint density at radius 1 is 0.953 bits per heavy atom. The van der Waals surface area contributed by atoms with Gasteiger partial charge in [0, 0.05) is 11.8 Å². The second-order valence-electron chi connectivity index (χ2n) is 13.8. The SMILES string of the molecule is COC(=O)OC1C(CO[Si](C)(C)C(C)(C)C)OC(n2ccc(NC(=O)c3ccccc3)nc2=O)C1O[Si](C)(C)C(C)(C)C. The number of methoxy groups -OCH3 is 1. The fraction of sp³-hybridized carbons (Fsp3) is 0.600. The zero-order valence-electron chi connectivity index (χ0n) is 27.2. The number of rotatable bonds is 9. The topological polar surface area (TPSA) is 127 Å². The van der Waals surface area contributed by atoms with Crippen molar-refractivity contribution in [3.63, 3.8) is 0 Å². The number of ether oxygens (including phenoxy) is 3. The standard InChI is InChI=1S/C30H47N3O8Si2/c1-29(2,3)42(8,9)38-19-21-23(40-28(36)37-7)24(41-43(10,11)30(4,5)6)26(39-21)33-18-17-22(32-27(33)35)31-25(34)20-15-13-12-14-16-20/h12-18,21,23-24,26H,19H2,1-11H3,(H,31,32,34,35). The second kappa shape index (κ2) is 13.0. The molecular weight excluding hydrogens is 587 g/mol. The van der Waals surface area contributed by atoms with E-state index in [4.69, 9.17) is 23.1 Å². The van der Waals surface area contributed by atoms with Crippen molar-refractivity contribution in [1.82, 2.24) is 9.55 Å². The van der Waals surface area contributed by atoms with Crippen molar-refractivity contribution < 1.29 is 32.7 Å². The molecule has 4 unspecified atom stereocenters. The Bertz CT molecular complexity index is 1340. The number of hydrogen-bond donors (Lipinski definition) is 1. The molecule has 1 aliphatic heterocycles. The van der Waals surface area contributed by atoms with E-state index in [1.165, 1.54) is 23.9 Å². The van der Waals surface area contributed by atoms with Crippen molar-refractivity contribution in [2.24, 2.45) is 0 Å². The molecule has 1 amide bonds. The summed E-state index contributed by atoms with van der Waals surface area (Å²) in [7, 11) is -3.48. The summed E-state index contributed by atoms with van der Waals surface area (Å²) in [4.78, 5) is 42.6. The Hall–Kier alpha value is -2.85. The van der Waals surface area contributed by atoms with Crippen molar-refractivity contribution >= 4 is 34.5 Å². The van der Waals surface area contributed by atoms with Crippen LogP contribution in [0.4, 0.5) is 10.6 Å². The van der Waals surface area contributed by atoms with Crippen LogP contribution in [0.5, 0.6) is 0 Å². The van der Waals surface area contributed by atoms with Gasteiger partial charge in [-0.15, -0.1) is 0 Å². The van der Waals surface area contributed by atoms with Gasteiger partial charge in [-0.05, 0) is 54.5 Å². The first-order valence-electron chi connectivity index (χ1n) is 14.4. The second-order valence-corrected chi connectivity index (χ2v) is 23.4. The first kappa shape index (κ1) is 34.6. The van der Waals surface area contributed by atoms with Gasteiger partial charge in [-0.3, -0.25) is 9.36 Å². The third-order valence-electron chi connectivity index (χ3n) is 8.72. The van der Waals surface area contributed by atoms with Gasteiger partial charge in [0.1, 0.15) is 18.0 Å². The summed E-state index contributed by atoms with van der Waals surface area (Å²) in [5.41, 5.74) is -0.231. The summed E-state index contributed by atoms with van der Waals surface area (Å²) in [6.45, 7) is 21.2. The number of carbonyl (C=O) groups is 2. The molecule has 1 fully saturated rings. The first-order valence-corrected chi connectivity index (χ1v) is 20.3. The maximum absolute atomic E-state index is 13.4. The maximum Gasteiger partial charge on any atom is 0.508 e.